The van der Waals surface area contributed by atoms with E-state index < -0.39 is 29.5 Å². The molecule has 7 heteroatoms. The van der Waals surface area contributed by atoms with E-state index in [4.69, 9.17) is 5.73 Å². The van der Waals surface area contributed by atoms with Crippen LogP contribution in [0.5, 0.6) is 0 Å². The average Bonchev–Trinajstić information content (AvgIpc) is 3.08. The van der Waals surface area contributed by atoms with Gasteiger partial charge in [0.25, 0.3) is 0 Å². The smallest absolute Gasteiger partial charge is 0.324 e. The minimum absolute atomic E-state index is 0.0674. The minimum Gasteiger partial charge on any atom is -0.324 e. The van der Waals surface area contributed by atoms with Gasteiger partial charge in [-0.25, -0.2) is 0 Å². The van der Waals surface area contributed by atoms with E-state index >= 15 is 0 Å². The highest BCUT2D eigenvalue weighted by Crippen LogP contribution is 2.44. The molecule has 1 aliphatic carbocycles. The van der Waals surface area contributed by atoms with Crippen molar-refractivity contribution < 1.29 is 26.3 Å². The molecule has 2 N–H and O–H groups in total. The summed E-state index contributed by atoms with van der Waals surface area (Å²) >= 11 is 0. The Kier molecular flexibility index (Phi) is 3.28. The van der Waals surface area contributed by atoms with Gasteiger partial charge in [0, 0.05) is 6.04 Å². The summed E-state index contributed by atoms with van der Waals surface area (Å²) in [4.78, 5) is 0. The molecular formula is C12H11F6N. The monoisotopic (exact) mass is 283 g/mol. The van der Waals surface area contributed by atoms with Crippen molar-refractivity contribution in [3.63, 3.8) is 0 Å². The highest BCUT2D eigenvalue weighted by atomic mass is 19.4. The van der Waals surface area contributed by atoms with Crippen molar-refractivity contribution in [2.24, 2.45) is 11.7 Å². The van der Waals surface area contributed by atoms with Crippen molar-refractivity contribution in [3.8, 4) is 0 Å². The van der Waals surface area contributed by atoms with Crippen LogP contribution in [0.15, 0.2) is 18.2 Å². The second kappa shape index (κ2) is 4.40. The molecule has 1 aromatic rings. The van der Waals surface area contributed by atoms with E-state index in [-0.39, 0.29) is 11.5 Å². The van der Waals surface area contributed by atoms with Gasteiger partial charge in [-0.3, -0.25) is 0 Å². The topological polar surface area (TPSA) is 26.0 Å². The van der Waals surface area contributed by atoms with Crippen LogP contribution in [0.2, 0.25) is 0 Å². The van der Waals surface area contributed by atoms with Crippen LogP contribution in [0.1, 0.15) is 35.6 Å². The SMILES string of the molecule is NC(c1ccc(C(F)(F)F)c(C(F)(F)F)c1)C1CC1. The van der Waals surface area contributed by atoms with Crippen LogP contribution in [0.4, 0.5) is 26.3 Å². The molecule has 106 valence electrons. The van der Waals surface area contributed by atoms with Gasteiger partial charge in [0.1, 0.15) is 0 Å². The number of hydrogen-bond acceptors (Lipinski definition) is 1. The number of rotatable bonds is 2. The fraction of sp³-hybridized carbons (Fsp3) is 0.500. The summed E-state index contributed by atoms with van der Waals surface area (Å²) in [5, 5.41) is 0. The van der Waals surface area contributed by atoms with Gasteiger partial charge in [0.05, 0.1) is 11.1 Å². The molecule has 0 radical (unpaired) electrons. The molecule has 0 aromatic heterocycles. The molecule has 1 nitrogen and oxygen atoms in total. The van der Waals surface area contributed by atoms with E-state index in [1.165, 1.54) is 0 Å². The average molecular weight is 283 g/mol. The van der Waals surface area contributed by atoms with Crippen LogP contribution in [-0.2, 0) is 12.4 Å². The summed E-state index contributed by atoms with van der Waals surface area (Å²) in [5.74, 6) is 0.0674. The normalized spacial score (nSPS) is 18.5. The van der Waals surface area contributed by atoms with Crippen LogP contribution >= 0.6 is 0 Å². The largest absolute Gasteiger partial charge is 0.417 e. The Hall–Kier alpha value is -1.24. The third-order valence-corrected chi connectivity index (χ3v) is 3.17. The lowest BCUT2D eigenvalue weighted by atomic mass is 9.97. The highest BCUT2D eigenvalue weighted by molar-refractivity contribution is 5.37. The van der Waals surface area contributed by atoms with E-state index in [9.17, 15) is 26.3 Å². The Morgan fingerprint density at radius 2 is 1.47 bits per heavy atom. The fourth-order valence-electron chi connectivity index (χ4n) is 1.98. The van der Waals surface area contributed by atoms with E-state index in [2.05, 4.69) is 0 Å². The fourth-order valence-corrected chi connectivity index (χ4v) is 1.98. The van der Waals surface area contributed by atoms with E-state index in [1.807, 2.05) is 0 Å². The molecule has 0 aliphatic heterocycles. The predicted molar refractivity (Wildman–Crippen MR) is 56.1 cm³/mol. The molecule has 2 rings (SSSR count). The van der Waals surface area contributed by atoms with Crippen molar-refractivity contribution >= 4 is 0 Å². The van der Waals surface area contributed by atoms with Crippen molar-refractivity contribution in [3.05, 3.63) is 34.9 Å². The van der Waals surface area contributed by atoms with Crippen LogP contribution in [0.3, 0.4) is 0 Å². The Balaban J connectivity index is 2.47. The Morgan fingerprint density at radius 3 is 1.89 bits per heavy atom. The summed E-state index contributed by atoms with van der Waals surface area (Å²) in [6.07, 6.45) is -8.50. The molecule has 19 heavy (non-hydrogen) atoms. The second-order valence-corrected chi connectivity index (χ2v) is 4.66. The van der Waals surface area contributed by atoms with Gasteiger partial charge in [-0.2, -0.15) is 26.3 Å². The van der Waals surface area contributed by atoms with Gasteiger partial charge in [-0.1, -0.05) is 6.07 Å². The third-order valence-electron chi connectivity index (χ3n) is 3.17. The lowest BCUT2D eigenvalue weighted by Gasteiger charge is -2.18. The highest BCUT2D eigenvalue weighted by Gasteiger charge is 2.43. The third kappa shape index (κ3) is 3.02. The standard InChI is InChI=1S/C12H11F6N/c13-11(14,15)8-4-3-7(10(19)6-1-2-6)5-9(8)12(16,17)18/h3-6,10H,1-2,19H2. The van der Waals surface area contributed by atoms with Gasteiger partial charge < -0.3 is 5.73 Å². The Labute approximate surface area is 105 Å². The molecule has 0 saturated heterocycles. The molecule has 1 unspecified atom stereocenters. The van der Waals surface area contributed by atoms with Crippen molar-refractivity contribution in [1.82, 2.24) is 0 Å². The minimum atomic E-state index is -5.05. The second-order valence-electron chi connectivity index (χ2n) is 4.66. The number of alkyl halides is 6. The van der Waals surface area contributed by atoms with Crippen molar-refractivity contribution in [1.29, 1.82) is 0 Å². The molecule has 0 amide bonds. The van der Waals surface area contributed by atoms with Crippen LogP contribution in [-0.4, -0.2) is 0 Å². The maximum absolute atomic E-state index is 12.7. The zero-order valence-corrected chi connectivity index (χ0v) is 9.65. The van der Waals surface area contributed by atoms with Gasteiger partial charge >= 0.3 is 12.4 Å². The number of benzene rings is 1. The summed E-state index contributed by atoms with van der Waals surface area (Å²) in [6.45, 7) is 0. The maximum Gasteiger partial charge on any atom is 0.417 e. The summed E-state index contributed by atoms with van der Waals surface area (Å²) < 4.78 is 75.7. The molecule has 1 atom stereocenters. The lowest BCUT2D eigenvalue weighted by Crippen LogP contribution is -2.19. The summed E-state index contributed by atoms with van der Waals surface area (Å²) in [5.41, 5.74) is 2.48. The first-order valence-corrected chi connectivity index (χ1v) is 5.64. The van der Waals surface area contributed by atoms with E-state index in [0.29, 0.717) is 12.1 Å². The van der Waals surface area contributed by atoms with E-state index in [0.717, 1.165) is 18.9 Å². The molecule has 0 spiro atoms. The first-order valence-electron chi connectivity index (χ1n) is 5.64. The molecule has 1 fully saturated rings. The van der Waals surface area contributed by atoms with E-state index in [1.54, 1.807) is 0 Å². The first kappa shape index (κ1) is 14.2. The van der Waals surface area contributed by atoms with Crippen molar-refractivity contribution in [2.75, 3.05) is 0 Å². The Bertz CT molecular complexity index is 472. The zero-order valence-electron chi connectivity index (χ0n) is 9.65. The van der Waals surface area contributed by atoms with Gasteiger partial charge in [-0.05, 0) is 36.5 Å². The zero-order chi connectivity index (χ0) is 14.4. The number of nitrogens with two attached hydrogens (primary N) is 1. The summed E-state index contributed by atoms with van der Waals surface area (Å²) in [6, 6.07) is 1.37. The van der Waals surface area contributed by atoms with Gasteiger partial charge in [0.2, 0.25) is 0 Å². The molecule has 1 aliphatic rings. The molecule has 1 saturated carbocycles. The molecule has 0 heterocycles. The molecule has 0 bridgehead atoms. The summed E-state index contributed by atoms with van der Waals surface area (Å²) in [7, 11) is 0. The van der Waals surface area contributed by atoms with Crippen LogP contribution in [0.25, 0.3) is 0 Å². The Morgan fingerprint density at radius 1 is 0.947 bits per heavy atom. The van der Waals surface area contributed by atoms with Crippen molar-refractivity contribution in [2.45, 2.75) is 31.2 Å². The maximum atomic E-state index is 12.7. The quantitative estimate of drug-likeness (QED) is 0.811. The first-order chi connectivity index (χ1) is 8.60. The molecule has 1 aromatic carbocycles. The van der Waals surface area contributed by atoms with Gasteiger partial charge in [-0.15, -0.1) is 0 Å². The lowest BCUT2D eigenvalue weighted by molar-refractivity contribution is -0.162. The number of halogens is 6. The van der Waals surface area contributed by atoms with Crippen LogP contribution < -0.4 is 5.73 Å². The van der Waals surface area contributed by atoms with Gasteiger partial charge in [0.15, 0.2) is 0 Å². The van der Waals surface area contributed by atoms with Crippen LogP contribution in [0, 0.1) is 5.92 Å². The predicted octanol–water partition coefficient (Wildman–Crippen LogP) is 4.13. The number of hydrogen-bond donors (Lipinski definition) is 1. The molecular weight excluding hydrogens is 272 g/mol.